The summed E-state index contributed by atoms with van der Waals surface area (Å²) in [6.07, 6.45) is 7.39. The molecule has 1 aromatic heterocycles. The molecule has 0 aromatic carbocycles. The van der Waals surface area contributed by atoms with Crippen LogP contribution in [0.1, 0.15) is 38.4 Å². The lowest BCUT2D eigenvalue weighted by Crippen LogP contribution is -2.40. The van der Waals surface area contributed by atoms with E-state index < -0.39 is 0 Å². The highest BCUT2D eigenvalue weighted by Crippen LogP contribution is 2.38. The molecule has 0 radical (unpaired) electrons. The predicted octanol–water partition coefficient (Wildman–Crippen LogP) is 3.11. The Bertz CT molecular complexity index is 374. The molecule has 0 spiro atoms. The minimum Gasteiger partial charge on any atom is -0.468 e. The van der Waals surface area contributed by atoms with Gasteiger partial charge >= 0.3 is 0 Å². The van der Waals surface area contributed by atoms with Gasteiger partial charge in [-0.15, -0.1) is 0 Å². The average Bonchev–Trinajstić information content (AvgIpc) is 2.81. The first-order chi connectivity index (χ1) is 8.63. The van der Waals surface area contributed by atoms with Crippen molar-refractivity contribution in [3.8, 4) is 0 Å². The van der Waals surface area contributed by atoms with E-state index in [2.05, 4.69) is 18.9 Å². The van der Waals surface area contributed by atoms with E-state index in [4.69, 9.17) is 4.42 Å². The maximum Gasteiger partial charge on any atom is 0.127 e. The van der Waals surface area contributed by atoms with Gasteiger partial charge in [0, 0.05) is 12.0 Å². The molecule has 0 amide bonds. The fourth-order valence-electron chi connectivity index (χ4n) is 3.25. The SMILES string of the molecule is CC1CCCC(C=O)(CN(C)Cc2ccco2)C1. The summed E-state index contributed by atoms with van der Waals surface area (Å²) >= 11 is 0. The number of nitrogens with zero attached hydrogens (tertiary/aromatic N) is 1. The van der Waals surface area contributed by atoms with Gasteiger partial charge in [0.1, 0.15) is 12.0 Å². The second-order valence-corrected chi connectivity index (χ2v) is 5.93. The summed E-state index contributed by atoms with van der Waals surface area (Å²) in [4.78, 5) is 13.7. The second-order valence-electron chi connectivity index (χ2n) is 5.93. The first-order valence-electron chi connectivity index (χ1n) is 6.81. The predicted molar refractivity (Wildman–Crippen MR) is 71.2 cm³/mol. The molecule has 1 fully saturated rings. The maximum absolute atomic E-state index is 11.5. The highest BCUT2D eigenvalue weighted by Gasteiger charge is 2.35. The second kappa shape index (κ2) is 5.70. The van der Waals surface area contributed by atoms with Crippen LogP contribution in [0, 0.1) is 11.3 Å². The molecular weight excluding hydrogens is 226 g/mol. The van der Waals surface area contributed by atoms with Gasteiger partial charge in [0.25, 0.3) is 0 Å². The van der Waals surface area contributed by atoms with Crippen molar-refractivity contribution in [2.45, 2.75) is 39.2 Å². The Hall–Kier alpha value is -1.09. The Labute approximate surface area is 109 Å². The largest absolute Gasteiger partial charge is 0.468 e. The fraction of sp³-hybridized carbons (Fsp3) is 0.667. The molecule has 1 heterocycles. The van der Waals surface area contributed by atoms with Crippen LogP contribution in [0.15, 0.2) is 22.8 Å². The van der Waals surface area contributed by atoms with E-state index in [1.165, 1.54) is 19.1 Å². The Morgan fingerprint density at radius 1 is 1.61 bits per heavy atom. The summed E-state index contributed by atoms with van der Waals surface area (Å²) in [7, 11) is 2.06. The van der Waals surface area contributed by atoms with Gasteiger partial charge in [-0.05, 0) is 37.9 Å². The smallest absolute Gasteiger partial charge is 0.127 e. The first-order valence-corrected chi connectivity index (χ1v) is 6.81. The Kier molecular flexibility index (Phi) is 4.23. The zero-order valence-electron chi connectivity index (χ0n) is 11.4. The number of furan rings is 1. The minimum atomic E-state index is -0.140. The Balaban J connectivity index is 1.94. The Morgan fingerprint density at radius 2 is 2.44 bits per heavy atom. The molecule has 0 saturated heterocycles. The van der Waals surface area contributed by atoms with Crippen LogP contribution in [0.2, 0.25) is 0 Å². The minimum absolute atomic E-state index is 0.140. The highest BCUT2D eigenvalue weighted by atomic mass is 16.3. The zero-order valence-corrected chi connectivity index (χ0v) is 11.4. The molecule has 0 N–H and O–H groups in total. The Morgan fingerprint density at radius 3 is 3.06 bits per heavy atom. The lowest BCUT2D eigenvalue weighted by atomic mass is 9.71. The van der Waals surface area contributed by atoms with Crippen LogP contribution in [0.25, 0.3) is 0 Å². The van der Waals surface area contributed by atoms with Crippen LogP contribution < -0.4 is 0 Å². The molecule has 1 saturated carbocycles. The number of aldehydes is 1. The van der Waals surface area contributed by atoms with Crippen LogP contribution >= 0.6 is 0 Å². The molecule has 1 aliphatic carbocycles. The average molecular weight is 249 g/mol. The van der Waals surface area contributed by atoms with Gasteiger partial charge in [-0.25, -0.2) is 0 Å². The fourth-order valence-corrected chi connectivity index (χ4v) is 3.25. The van der Waals surface area contributed by atoms with Crippen molar-refractivity contribution in [2.75, 3.05) is 13.6 Å². The zero-order chi connectivity index (χ0) is 13.0. The number of hydrogen-bond donors (Lipinski definition) is 0. The van der Waals surface area contributed by atoms with Crippen molar-refractivity contribution < 1.29 is 9.21 Å². The van der Waals surface area contributed by atoms with Crippen molar-refractivity contribution in [3.63, 3.8) is 0 Å². The van der Waals surface area contributed by atoms with Crippen molar-refractivity contribution in [3.05, 3.63) is 24.2 Å². The standard InChI is InChI=1S/C15H23NO2/c1-13-5-3-7-15(9-13,12-17)11-16(2)10-14-6-4-8-18-14/h4,6,8,12-13H,3,5,7,9-11H2,1-2H3. The van der Waals surface area contributed by atoms with E-state index >= 15 is 0 Å². The summed E-state index contributed by atoms with van der Waals surface area (Å²) < 4.78 is 5.35. The van der Waals surface area contributed by atoms with E-state index in [1.54, 1.807) is 6.26 Å². The van der Waals surface area contributed by atoms with Gasteiger partial charge in [-0.1, -0.05) is 19.8 Å². The van der Waals surface area contributed by atoms with Gasteiger partial charge in [-0.2, -0.15) is 0 Å². The lowest BCUT2D eigenvalue weighted by Gasteiger charge is -2.38. The lowest BCUT2D eigenvalue weighted by molar-refractivity contribution is -0.120. The first kappa shape index (κ1) is 13.3. The van der Waals surface area contributed by atoms with Crippen molar-refractivity contribution >= 4 is 6.29 Å². The van der Waals surface area contributed by atoms with Gasteiger partial charge in [0.15, 0.2) is 0 Å². The van der Waals surface area contributed by atoms with Crippen molar-refractivity contribution in [1.29, 1.82) is 0 Å². The van der Waals surface area contributed by atoms with Gasteiger partial charge in [0.05, 0.1) is 12.8 Å². The monoisotopic (exact) mass is 249 g/mol. The van der Waals surface area contributed by atoms with E-state index in [1.807, 2.05) is 12.1 Å². The molecule has 18 heavy (non-hydrogen) atoms. The highest BCUT2D eigenvalue weighted by molar-refractivity contribution is 5.60. The molecule has 1 aliphatic rings. The number of rotatable bonds is 5. The summed E-state index contributed by atoms with van der Waals surface area (Å²) in [5, 5.41) is 0. The third-order valence-electron chi connectivity index (χ3n) is 3.97. The number of carbonyl (C=O) groups excluding carboxylic acids is 1. The number of hydrogen-bond acceptors (Lipinski definition) is 3. The summed E-state index contributed by atoms with van der Waals surface area (Å²) in [6.45, 7) is 3.86. The van der Waals surface area contributed by atoms with Crippen LogP contribution in [-0.2, 0) is 11.3 Å². The maximum atomic E-state index is 11.5. The van der Waals surface area contributed by atoms with E-state index in [9.17, 15) is 4.79 Å². The van der Waals surface area contributed by atoms with Crippen LogP contribution in [0.5, 0.6) is 0 Å². The molecule has 2 unspecified atom stereocenters. The van der Waals surface area contributed by atoms with Crippen molar-refractivity contribution in [1.82, 2.24) is 4.90 Å². The van der Waals surface area contributed by atoms with Gasteiger partial charge in [0.2, 0.25) is 0 Å². The van der Waals surface area contributed by atoms with Crippen LogP contribution in [-0.4, -0.2) is 24.8 Å². The molecule has 100 valence electrons. The molecule has 0 aliphatic heterocycles. The molecule has 2 atom stereocenters. The topological polar surface area (TPSA) is 33.5 Å². The van der Waals surface area contributed by atoms with Crippen LogP contribution in [0.4, 0.5) is 0 Å². The van der Waals surface area contributed by atoms with Gasteiger partial charge in [-0.3, -0.25) is 4.90 Å². The summed E-state index contributed by atoms with van der Waals surface area (Å²) in [5.74, 6) is 1.63. The van der Waals surface area contributed by atoms with E-state index in [0.29, 0.717) is 5.92 Å². The quantitative estimate of drug-likeness (QED) is 0.752. The third-order valence-corrected chi connectivity index (χ3v) is 3.97. The summed E-state index contributed by atoms with van der Waals surface area (Å²) in [6, 6.07) is 3.88. The van der Waals surface area contributed by atoms with E-state index in [-0.39, 0.29) is 5.41 Å². The van der Waals surface area contributed by atoms with Gasteiger partial charge < -0.3 is 9.21 Å². The molecule has 3 nitrogen and oxygen atoms in total. The number of carbonyl (C=O) groups is 1. The van der Waals surface area contributed by atoms with Crippen LogP contribution in [0.3, 0.4) is 0 Å². The molecule has 2 rings (SSSR count). The van der Waals surface area contributed by atoms with E-state index in [0.717, 1.165) is 31.7 Å². The third kappa shape index (κ3) is 3.22. The summed E-state index contributed by atoms with van der Waals surface area (Å²) in [5.41, 5.74) is -0.140. The normalized spacial score (nSPS) is 28.5. The molecule has 3 heteroatoms. The molecule has 1 aromatic rings. The molecular formula is C15H23NO2. The molecule has 0 bridgehead atoms. The van der Waals surface area contributed by atoms with Crippen molar-refractivity contribution in [2.24, 2.45) is 11.3 Å².